The van der Waals surface area contributed by atoms with Crippen LogP contribution in [0.3, 0.4) is 0 Å². The van der Waals surface area contributed by atoms with E-state index in [1.54, 1.807) is 24.3 Å². The van der Waals surface area contributed by atoms with Gasteiger partial charge in [-0.3, -0.25) is 9.59 Å². The minimum atomic E-state index is -0.272. The normalized spacial score (nSPS) is 13.8. The van der Waals surface area contributed by atoms with E-state index in [-0.39, 0.29) is 11.8 Å². The molecule has 0 bridgehead atoms. The van der Waals surface area contributed by atoms with Crippen molar-refractivity contribution in [1.82, 2.24) is 4.90 Å². The molecule has 3 rings (SSSR count). The molecule has 5 nitrogen and oxygen atoms in total. The van der Waals surface area contributed by atoms with Crippen LogP contribution in [0.25, 0.3) is 0 Å². The molecule has 0 radical (unpaired) electrons. The Morgan fingerprint density at radius 1 is 0.964 bits per heavy atom. The average molecular weight is 380 g/mol. The van der Waals surface area contributed by atoms with Crippen molar-refractivity contribution < 1.29 is 14.3 Å². The van der Waals surface area contributed by atoms with Gasteiger partial charge in [0.15, 0.2) is 0 Å². The summed E-state index contributed by atoms with van der Waals surface area (Å²) in [5, 5.41) is 2.91. The van der Waals surface area contributed by atoms with Crippen molar-refractivity contribution in [2.45, 2.75) is 39.0 Å². The molecular formula is C23H28N2O3. The van der Waals surface area contributed by atoms with Crippen molar-refractivity contribution in [3.63, 3.8) is 0 Å². The summed E-state index contributed by atoms with van der Waals surface area (Å²) in [6.45, 7) is 4.22. The minimum Gasteiger partial charge on any atom is -0.493 e. The number of hydrogen-bond acceptors (Lipinski definition) is 3. The average Bonchev–Trinajstić information content (AvgIpc) is 2.75. The van der Waals surface area contributed by atoms with E-state index in [2.05, 4.69) is 12.2 Å². The molecule has 28 heavy (non-hydrogen) atoms. The third kappa shape index (κ3) is 4.91. The molecule has 148 valence electrons. The summed E-state index contributed by atoms with van der Waals surface area (Å²) in [5.41, 5.74) is 1.53. The number of carbonyl (C=O) groups excluding carboxylic acids is 2. The van der Waals surface area contributed by atoms with Crippen molar-refractivity contribution in [2.24, 2.45) is 0 Å². The molecule has 1 saturated heterocycles. The molecule has 0 unspecified atom stereocenters. The van der Waals surface area contributed by atoms with Crippen LogP contribution in [-0.2, 0) is 0 Å². The third-order valence-corrected chi connectivity index (χ3v) is 4.94. The van der Waals surface area contributed by atoms with Crippen LogP contribution in [0.4, 0.5) is 5.69 Å². The Morgan fingerprint density at radius 3 is 2.39 bits per heavy atom. The van der Waals surface area contributed by atoms with Crippen molar-refractivity contribution >= 4 is 17.5 Å². The fraction of sp³-hybridized carbons (Fsp3) is 0.391. The van der Waals surface area contributed by atoms with Gasteiger partial charge in [-0.25, -0.2) is 0 Å². The molecule has 0 aliphatic carbocycles. The number of amides is 2. The number of likely N-dealkylation sites (tertiary alicyclic amines) is 1. The topological polar surface area (TPSA) is 58.6 Å². The summed E-state index contributed by atoms with van der Waals surface area (Å²) in [5.74, 6) is 0.266. The van der Waals surface area contributed by atoms with Crippen LogP contribution in [0.2, 0.25) is 0 Å². The number of ether oxygens (including phenoxy) is 1. The Labute approximate surface area is 166 Å². The van der Waals surface area contributed by atoms with E-state index in [9.17, 15) is 9.59 Å². The molecule has 2 aromatic rings. The molecule has 1 N–H and O–H groups in total. The molecular weight excluding hydrogens is 352 g/mol. The molecule has 1 aliphatic heterocycles. The third-order valence-electron chi connectivity index (χ3n) is 4.94. The van der Waals surface area contributed by atoms with Gasteiger partial charge in [0.05, 0.1) is 23.4 Å². The highest BCUT2D eigenvalue weighted by molar-refractivity contribution is 6.10. The number of rotatable bonds is 7. The van der Waals surface area contributed by atoms with Gasteiger partial charge < -0.3 is 15.0 Å². The Bertz CT molecular complexity index is 813. The number of hydrogen-bond donors (Lipinski definition) is 1. The quantitative estimate of drug-likeness (QED) is 0.706. The lowest BCUT2D eigenvalue weighted by Crippen LogP contribution is -2.36. The monoisotopic (exact) mass is 380 g/mol. The van der Waals surface area contributed by atoms with Gasteiger partial charge in [0.1, 0.15) is 5.75 Å². The van der Waals surface area contributed by atoms with Gasteiger partial charge in [-0.2, -0.15) is 0 Å². The van der Waals surface area contributed by atoms with E-state index >= 15 is 0 Å². The lowest BCUT2D eigenvalue weighted by molar-refractivity contribution is 0.0725. The van der Waals surface area contributed by atoms with Gasteiger partial charge in [0, 0.05) is 13.1 Å². The zero-order chi connectivity index (χ0) is 19.8. The van der Waals surface area contributed by atoms with Gasteiger partial charge in [-0.1, -0.05) is 37.6 Å². The maximum Gasteiger partial charge on any atom is 0.259 e. The second-order valence-corrected chi connectivity index (χ2v) is 7.05. The van der Waals surface area contributed by atoms with Crippen molar-refractivity contribution in [2.75, 3.05) is 25.0 Å². The highest BCUT2D eigenvalue weighted by atomic mass is 16.5. The Morgan fingerprint density at radius 2 is 1.64 bits per heavy atom. The van der Waals surface area contributed by atoms with Crippen LogP contribution in [0.15, 0.2) is 48.5 Å². The van der Waals surface area contributed by atoms with E-state index in [0.29, 0.717) is 29.2 Å². The molecule has 5 heteroatoms. The maximum atomic E-state index is 12.9. The fourth-order valence-electron chi connectivity index (χ4n) is 3.34. The number of nitrogens with one attached hydrogen (secondary N) is 1. The lowest BCUT2D eigenvalue weighted by atomic mass is 10.1. The Kier molecular flexibility index (Phi) is 7.06. The molecule has 0 aromatic heterocycles. The largest absolute Gasteiger partial charge is 0.493 e. The SMILES string of the molecule is CCCCOc1ccccc1C(=O)Nc1ccccc1C(=O)N1CCCCC1. The molecule has 0 atom stereocenters. The summed E-state index contributed by atoms with van der Waals surface area (Å²) < 4.78 is 5.77. The van der Waals surface area contributed by atoms with E-state index in [1.165, 1.54) is 0 Å². The van der Waals surface area contributed by atoms with E-state index in [4.69, 9.17) is 4.74 Å². The molecule has 0 saturated carbocycles. The number of carbonyl (C=O) groups is 2. The summed E-state index contributed by atoms with van der Waals surface area (Å²) >= 11 is 0. The summed E-state index contributed by atoms with van der Waals surface area (Å²) in [7, 11) is 0. The molecule has 2 amide bonds. The van der Waals surface area contributed by atoms with Crippen molar-refractivity contribution in [1.29, 1.82) is 0 Å². The number of para-hydroxylation sites is 2. The molecule has 0 spiro atoms. The summed E-state index contributed by atoms with van der Waals surface area (Å²) in [4.78, 5) is 27.7. The van der Waals surface area contributed by atoms with Crippen LogP contribution in [0.1, 0.15) is 59.7 Å². The second kappa shape index (κ2) is 9.93. The first kappa shape index (κ1) is 19.9. The number of benzene rings is 2. The zero-order valence-electron chi connectivity index (χ0n) is 16.4. The number of piperidine rings is 1. The number of unbranched alkanes of at least 4 members (excludes halogenated alkanes) is 1. The van der Waals surface area contributed by atoms with Crippen LogP contribution < -0.4 is 10.1 Å². The molecule has 1 aliphatic rings. The van der Waals surface area contributed by atoms with Crippen LogP contribution in [0.5, 0.6) is 5.75 Å². The second-order valence-electron chi connectivity index (χ2n) is 7.05. The first-order valence-electron chi connectivity index (χ1n) is 10.1. The van der Waals surface area contributed by atoms with Gasteiger partial charge >= 0.3 is 0 Å². The highest BCUT2D eigenvalue weighted by Crippen LogP contribution is 2.23. The fourth-order valence-corrected chi connectivity index (χ4v) is 3.34. The van der Waals surface area contributed by atoms with Gasteiger partial charge in [0.25, 0.3) is 11.8 Å². The minimum absolute atomic E-state index is 0.0249. The molecule has 1 heterocycles. The van der Waals surface area contributed by atoms with Crippen LogP contribution >= 0.6 is 0 Å². The first-order valence-corrected chi connectivity index (χ1v) is 10.1. The van der Waals surface area contributed by atoms with E-state index < -0.39 is 0 Å². The molecule has 2 aromatic carbocycles. The van der Waals surface area contributed by atoms with Gasteiger partial charge in [0.2, 0.25) is 0 Å². The summed E-state index contributed by atoms with van der Waals surface area (Å²) in [6.07, 6.45) is 5.19. The van der Waals surface area contributed by atoms with Crippen molar-refractivity contribution in [3.8, 4) is 5.75 Å². The smallest absolute Gasteiger partial charge is 0.259 e. The summed E-state index contributed by atoms with van der Waals surface area (Å²) in [6, 6.07) is 14.4. The van der Waals surface area contributed by atoms with Gasteiger partial charge in [-0.05, 0) is 49.9 Å². The first-order chi connectivity index (χ1) is 13.7. The maximum absolute atomic E-state index is 12.9. The van der Waals surface area contributed by atoms with Gasteiger partial charge in [-0.15, -0.1) is 0 Å². The predicted octanol–water partition coefficient (Wildman–Crippen LogP) is 4.74. The highest BCUT2D eigenvalue weighted by Gasteiger charge is 2.22. The van der Waals surface area contributed by atoms with E-state index in [0.717, 1.165) is 45.2 Å². The Balaban J connectivity index is 1.77. The number of nitrogens with zero attached hydrogens (tertiary/aromatic N) is 1. The Hall–Kier alpha value is -2.82. The van der Waals surface area contributed by atoms with E-state index in [1.807, 2.05) is 29.2 Å². The predicted molar refractivity (Wildman–Crippen MR) is 111 cm³/mol. The van der Waals surface area contributed by atoms with Crippen molar-refractivity contribution in [3.05, 3.63) is 59.7 Å². The molecule has 1 fully saturated rings. The lowest BCUT2D eigenvalue weighted by Gasteiger charge is -2.27. The van der Waals surface area contributed by atoms with Crippen LogP contribution in [0, 0.1) is 0 Å². The van der Waals surface area contributed by atoms with Crippen LogP contribution in [-0.4, -0.2) is 36.4 Å². The number of anilines is 1. The standard InChI is InChI=1S/C23H28N2O3/c1-2-3-17-28-21-14-8-6-12-19(21)22(26)24-20-13-7-5-11-18(20)23(27)25-15-9-4-10-16-25/h5-8,11-14H,2-4,9-10,15-17H2,1H3,(H,24,26). The zero-order valence-corrected chi connectivity index (χ0v) is 16.4.